The third kappa shape index (κ3) is 4.18. The molecule has 0 atom stereocenters. The van der Waals surface area contributed by atoms with Crippen molar-refractivity contribution in [1.29, 1.82) is 0 Å². The third-order valence-corrected chi connectivity index (χ3v) is 5.32. The summed E-state index contributed by atoms with van der Waals surface area (Å²) in [6.07, 6.45) is -2.67. The normalized spacial score (nSPS) is 12.1. The number of methoxy groups -OCH3 is 1. The molecular weight excluding hydrogens is 334 g/mol. The van der Waals surface area contributed by atoms with Crippen LogP contribution in [0, 0.1) is 0 Å². The lowest BCUT2D eigenvalue weighted by Gasteiger charge is -2.16. The number of hydrogen-bond acceptors (Lipinski definition) is 4. The average molecular weight is 356 g/mol. The van der Waals surface area contributed by atoms with Crippen molar-refractivity contribution in [3.8, 4) is 0 Å². The van der Waals surface area contributed by atoms with E-state index in [-0.39, 0.29) is 23.6 Å². The summed E-state index contributed by atoms with van der Waals surface area (Å²) in [6, 6.07) is 5.35. The molecule has 24 heavy (non-hydrogen) atoms. The average Bonchev–Trinajstić information content (AvgIpc) is 2.88. The summed E-state index contributed by atoms with van der Waals surface area (Å²) in [5.41, 5.74) is 0.354. The van der Waals surface area contributed by atoms with Gasteiger partial charge in [-0.1, -0.05) is 31.8 Å². The molecule has 0 aliphatic heterocycles. The van der Waals surface area contributed by atoms with E-state index >= 15 is 0 Å². The quantitative estimate of drug-likeness (QED) is 0.426. The van der Waals surface area contributed by atoms with Crippen LogP contribution < -0.4 is 0 Å². The molecular formula is C16H22F2N2O3Si. The molecule has 5 nitrogen and oxygen atoms in total. The smallest absolute Gasteiger partial charge is 0.374 e. The molecule has 0 aliphatic rings. The Hall–Kier alpha value is -1.80. The molecule has 0 saturated carbocycles. The molecule has 0 amide bonds. The number of para-hydroxylation sites is 1. The first-order valence-electron chi connectivity index (χ1n) is 7.68. The molecule has 0 N–H and O–H groups in total. The number of aromatic nitrogens is 2. The standard InChI is InChI=1S/C16H22F2N2O3Si/c1-22-16(21)15-19-12-7-5-6-11(14(17)18)13(12)20(15)10-23-8-9-24(2,3)4/h5-7,14H,8-10H2,1-4H3. The monoisotopic (exact) mass is 356 g/mol. The van der Waals surface area contributed by atoms with Gasteiger partial charge in [-0.25, -0.2) is 18.6 Å². The Bertz CT molecular complexity index is 726. The fraction of sp³-hybridized carbons (Fsp3) is 0.500. The van der Waals surface area contributed by atoms with Gasteiger partial charge in [0.15, 0.2) is 0 Å². The molecule has 2 rings (SSSR count). The maximum absolute atomic E-state index is 13.3. The zero-order valence-electron chi connectivity index (χ0n) is 14.3. The van der Waals surface area contributed by atoms with Crippen LogP contribution in [0.1, 0.15) is 22.6 Å². The fourth-order valence-electron chi connectivity index (χ4n) is 2.30. The number of ether oxygens (including phenoxy) is 2. The number of rotatable bonds is 7. The number of esters is 1. The SMILES string of the molecule is COC(=O)c1nc2cccc(C(F)F)c2n1COCC[Si](C)(C)C. The molecule has 0 bridgehead atoms. The van der Waals surface area contributed by atoms with Crippen LogP contribution in [0.5, 0.6) is 0 Å². The van der Waals surface area contributed by atoms with E-state index in [4.69, 9.17) is 9.47 Å². The summed E-state index contributed by atoms with van der Waals surface area (Å²) >= 11 is 0. The molecule has 1 heterocycles. The van der Waals surface area contributed by atoms with E-state index in [1.165, 1.54) is 23.8 Å². The second-order valence-electron chi connectivity index (χ2n) is 6.72. The highest BCUT2D eigenvalue weighted by atomic mass is 28.3. The van der Waals surface area contributed by atoms with Gasteiger partial charge >= 0.3 is 5.97 Å². The van der Waals surface area contributed by atoms with Crippen molar-refractivity contribution in [3.63, 3.8) is 0 Å². The number of carbonyl (C=O) groups excluding carboxylic acids is 1. The second-order valence-corrected chi connectivity index (χ2v) is 12.3. The van der Waals surface area contributed by atoms with Gasteiger partial charge in [0.1, 0.15) is 6.73 Å². The number of nitrogens with zero attached hydrogens (tertiary/aromatic N) is 2. The number of halogens is 2. The van der Waals surface area contributed by atoms with Gasteiger partial charge in [0, 0.05) is 20.2 Å². The van der Waals surface area contributed by atoms with E-state index in [1.54, 1.807) is 6.07 Å². The van der Waals surface area contributed by atoms with Gasteiger partial charge in [0.25, 0.3) is 6.43 Å². The van der Waals surface area contributed by atoms with Gasteiger partial charge < -0.3 is 9.47 Å². The number of benzene rings is 1. The Labute approximate surface area is 140 Å². The summed E-state index contributed by atoms with van der Waals surface area (Å²) in [5.74, 6) is -0.714. The minimum absolute atomic E-state index is 0.0187. The predicted molar refractivity (Wildman–Crippen MR) is 90.1 cm³/mol. The van der Waals surface area contributed by atoms with Crippen LogP contribution in [-0.4, -0.2) is 37.3 Å². The maximum atomic E-state index is 13.3. The van der Waals surface area contributed by atoms with Gasteiger partial charge in [0.2, 0.25) is 5.82 Å². The van der Waals surface area contributed by atoms with Crippen LogP contribution in [0.4, 0.5) is 8.78 Å². The van der Waals surface area contributed by atoms with Gasteiger partial charge in [-0.05, 0) is 12.1 Å². The summed E-state index contributed by atoms with van der Waals surface area (Å²) in [6.45, 7) is 7.15. The molecule has 0 fully saturated rings. The minimum atomic E-state index is -2.67. The van der Waals surface area contributed by atoms with E-state index in [2.05, 4.69) is 24.6 Å². The van der Waals surface area contributed by atoms with Gasteiger partial charge in [0.05, 0.1) is 18.1 Å². The zero-order chi connectivity index (χ0) is 17.9. The van der Waals surface area contributed by atoms with Crippen LogP contribution in [0.2, 0.25) is 25.7 Å². The summed E-state index contributed by atoms with van der Waals surface area (Å²) < 4.78 is 38.4. The maximum Gasteiger partial charge on any atom is 0.374 e. The first-order valence-corrected chi connectivity index (χ1v) is 11.4. The van der Waals surface area contributed by atoms with Crippen molar-refractivity contribution in [2.75, 3.05) is 13.7 Å². The molecule has 8 heteroatoms. The van der Waals surface area contributed by atoms with Gasteiger partial charge in [-0.3, -0.25) is 4.57 Å². The lowest BCUT2D eigenvalue weighted by Crippen LogP contribution is -2.22. The van der Waals surface area contributed by atoms with Crippen LogP contribution in [0.25, 0.3) is 11.0 Å². The Morgan fingerprint density at radius 1 is 1.33 bits per heavy atom. The fourth-order valence-corrected chi connectivity index (χ4v) is 3.05. The lowest BCUT2D eigenvalue weighted by molar-refractivity contribution is 0.0535. The molecule has 1 aromatic heterocycles. The zero-order valence-corrected chi connectivity index (χ0v) is 15.3. The van der Waals surface area contributed by atoms with Crippen molar-refractivity contribution >= 4 is 25.1 Å². The summed E-state index contributed by atoms with van der Waals surface area (Å²) in [4.78, 5) is 16.1. The van der Waals surface area contributed by atoms with Crippen LogP contribution in [-0.2, 0) is 16.2 Å². The van der Waals surface area contributed by atoms with Crippen molar-refractivity contribution < 1.29 is 23.0 Å². The Morgan fingerprint density at radius 2 is 2.04 bits per heavy atom. The van der Waals surface area contributed by atoms with E-state index < -0.39 is 20.5 Å². The van der Waals surface area contributed by atoms with Gasteiger partial charge in [-0.2, -0.15) is 0 Å². The predicted octanol–water partition coefficient (Wildman–Crippen LogP) is 4.07. The number of imidazole rings is 1. The van der Waals surface area contributed by atoms with Crippen molar-refractivity contribution in [2.45, 2.75) is 38.8 Å². The highest BCUT2D eigenvalue weighted by Gasteiger charge is 2.23. The first kappa shape index (κ1) is 18.5. The lowest BCUT2D eigenvalue weighted by atomic mass is 10.2. The number of carbonyl (C=O) groups is 1. The summed E-state index contributed by atoms with van der Waals surface area (Å²) in [7, 11) is -0.0373. The van der Waals surface area contributed by atoms with E-state index in [0.717, 1.165) is 6.04 Å². The Balaban J connectivity index is 2.38. The van der Waals surface area contributed by atoms with Gasteiger partial charge in [-0.15, -0.1) is 0 Å². The highest BCUT2D eigenvalue weighted by Crippen LogP contribution is 2.29. The third-order valence-electron chi connectivity index (χ3n) is 3.62. The molecule has 0 unspecified atom stereocenters. The van der Waals surface area contributed by atoms with Crippen LogP contribution in [0.15, 0.2) is 18.2 Å². The van der Waals surface area contributed by atoms with E-state index in [9.17, 15) is 13.6 Å². The van der Waals surface area contributed by atoms with Crippen LogP contribution in [0.3, 0.4) is 0 Å². The first-order chi connectivity index (χ1) is 11.2. The molecule has 132 valence electrons. The number of fused-ring (bicyclic) bond motifs is 1. The van der Waals surface area contributed by atoms with Crippen molar-refractivity contribution in [3.05, 3.63) is 29.6 Å². The molecule has 1 aromatic carbocycles. The summed E-state index contributed by atoms with van der Waals surface area (Å²) in [5, 5.41) is 0. The second kappa shape index (κ2) is 7.39. The van der Waals surface area contributed by atoms with Crippen molar-refractivity contribution in [2.24, 2.45) is 0 Å². The van der Waals surface area contributed by atoms with Crippen molar-refractivity contribution in [1.82, 2.24) is 9.55 Å². The topological polar surface area (TPSA) is 53.3 Å². The van der Waals surface area contributed by atoms with Crippen LogP contribution >= 0.6 is 0 Å². The highest BCUT2D eigenvalue weighted by molar-refractivity contribution is 6.76. The van der Waals surface area contributed by atoms with E-state index in [1.807, 2.05) is 0 Å². The molecule has 2 aromatic rings. The molecule has 0 spiro atoms. The van der Waals surface area contributed by atoms with E-state index in [0.29, 0.717) is 12.1 Å². The number of hydrogen-bond donors (Lipinski definition) is 0. The molecule has 0 radical (unpaired) electrons. The largest absolute Gasteiger partial charge is 0.463 e. The minimum Gasteiger partial charge on any atom is -0.463 e. The Morgan fingerprint density at radius 3 is 2.62 bits per heavy atom. The molecule has 0 aliphatic carbocycles. The molecule has 0 saturated heterocycles. The number of alkyl halides is 2. The Kier molecular flexibility index (Phi) is 5.71.